The van der Waals surface area contributed by atoms with Crippen LogP contribution in [-0.4, -0.2) is 15.0 Å². The molecule has 0 saturated heterocycles. The first kappa shape index (κ1) is 34.5. The Kier molecular flexibility index (Phi) is 8.59. The zero-order valence-electron chi connectivity index (χ0n) is 32.2. The Morgan fingerprint density at radius 2 is 0.983 bits per heavy atom. The zero-order valence-corrected chi connectivity index (χ0v) is 32.2. The number of hydrogen-bond acceptors (Lipinski definition) is 4. The minimum Gasteiger partial charge on any atom is -0.455 e. The van der Waals surface area contributed by atoms with Crippen molar-refractivity contribution in [2.75, 3.05) is 0 Å². The van der Waals surface area contributed by atoms with E-state index in [1.807, 2.05) is 12.1 Å². The summed E-state index contributed by atoms with van der Waals surface area (Å²) < 4.78 is 6.65. The lowest BCUT2D eigenvalue weighted by Gasteiger charge is -2.15. The second-order valence-corrected chi connectivity index (χ2v) is 15.1. The lowest BCUT2D eigenvalue weighted by molar-refractivity contribution is 0.670. The monoisotopic (exact) mass is 755 g/mol. The number of hydrogen-bond donors (Lipinski definition) is 0. The number of aromatic nitrogens is 3. The predicted octanol–water partition coefficient (Wildman–Crippen LogP) is 14.5. The third-order valence-corrected chi connectivity index (χ3v) is 11.5. The van der Waals surface area contributed by atoms with Crippen molar-refractivity contribution in [3.63, 3.8) is 0 Å². The minimum atomic E-state index is 0.0750. The maximum atomic E-state index is 6.65. The third kappa shape index (κ3) is 6.51. The molecule has 278 valence electrons. The fourth-order valence-electron chi connectivity index (χ4n) is 8.34. The molecule has 11 rings (SSSR count). The van der Waals surface area contributed by atoms with Gasteiger partial charge in [-0.15, -0.1) is 0 Å². The largest absolute Gasteiger partial charge is 0.455 e. The van der Waals surface area contributed by atoms with E-state index in [0.29, 0.717) is 11.6 Å². The van der Waals surface area contributed by atoms with Gasteiger partial charge in [0.05, 0.1) is 0 Å². The van der Waals surface area contributed by atoms with Crippen LogP contribution in [0.2, 0.25) is 0 Å². The molecule has 1 atom stereocenters. The molecule has 0 bridgehead atoms. The Bertz CT molecular complexity index is 3210. The van der Waals surface area contributed by atoms with Crippen molar-refractivity contribution < 1.29 is 4.42 Å². The number of furan rings is 1. The van der Waals surface area contributed by atoms with E-state index in [0.717, 1.165) is 78.7 Å². The number of nitrogens with zero attached hydrogens (tertiary/aromatic N) is 3. The molecule has 0 fully saturated rings. The zero-order chi connectivity index (χ0) is 39.1. The molecule has 2 heterocycles. The molecule has 59 heavy (non-hydrogen) atoms. The Balaban J connectivity index is 0.949. The minimum absolute atomic E-state index is 0.0750. The molecule has 0 radical (unpaired) electrons. The van der Waals surface area contributed by atoms with Crippen molar-refractivity contribution in [1.82, 2.24) is 15.0 Å². The highest BCUT2D eigenvalue weighted by Crippen LogP contribution is 2.42. The highest BCUT2D eigenvalue weighted by Gasteiger charge is 2.20. The number of allylic oxidation sites excluding steroid dienone is 4. The maximum Gasteiger partial charge on any atom is 0.163 e. The molecule has 0 N–H and O–H groups in total. The Hall–Kier alpha value is -7.69. The first-order valence-corrected chi connectivity index (χ1v) is 20.1. The van der Waals surface area contributed by atoms with E-state index < -0.39 is 0 Å². The van der Waals surface area contributed by atoms with Gasteiger partial charge in [0.15, 0.2) is 11.6 Å². The van der Waals surface area contributed by atoms with E-state index in [1.54, 1.807) is 0 Å². The Labute approximate surface area is 342 Å². The summed E-state index contributed by atoms with van der Waals surface area (Å²) in [5, 5.41) is 4.63. The van der Waals surface area contributed by atoms with E-state index in [-0.39, 0.29) is 5.92 Å². The molecule has 1 unspecified atom stereocenters. The second kappa shape index (κ2) is 14.7. The van der Waals surface area contributed by atoms with Crippen LogP contribution >= 0.6 is 0 Å². The van der Waals surface area contributed by atoms with Crippen LogP contribution in [0.5, 0.6) is 0 Å². The van der Waals surface area contributed by atoms with Crippen LogP contribution in [0.1, 0.15) is 18.2 Å². The summed E-state index contributed by atoms with van der Waals surface area (Å²) in [5.41, 5.74) is 12.8. The van der Waals surface area contributed by atoms with Gasteiger partial charge in [0.2, 0.25) is 0 Å². The van der Waals surface area contributed by atoms with Gasteiger partial charge in [-0.05, 0) is 74.3 Å². The average Bonchev–Trinajstić information content (AvgIpc) is 3.72. The van der Waals surface area contributed by atoms with Gasteiger partial charge in [0.25, 0.3) is 0 Å². The van der Waals surface area contributed by atoms with Gasteiger partial charge in [-0.2, -0.15) is 0 Å². The molecule has 10 aromatic rings. The van der Waals surface area contributed by atoms with Crippen molar-refractivity contribution in [3.8, 4) is 67.3 Å². The lowest BCUT2D eigenvalue weighted by Crippen LogP contribution is -2.07. The van der Waals surface area contributed by atoms with E-state index >= 15 is 0 Å². The van der Waals surface area contributed by atoms with Crippen LogP contribution in [0.4, 0.5) is 0 Å². The van der Waals surface area contributed by atoms with Crippen molar-refractivity contribution >= 4 is 32.7 Å². The molecular formula is C55H37N3O. The Morgan fingerprint density at radius 1 is 0.424 bits per heavy atom. The average molecular weight is 756 g/mol. The molecule has 1 aliphatic carbocycles. The highest BCUT2D eigenvalue weighted by molar-refractivity contribution is 6.16. The second-order valence-electron chi connectivity index (χ2n) is 15.1. The summed E-state index contributed by atoms with van der Waals surface area (Å²) in [6.45, 7) is 0. The normalized spacial score (nSPS) is 13.7. The van der Waals surface area contributed by atoms with E-state index in [4.69, 9.17) is 19.4 Å². The third-order valence-electron chi connectivity index (χ3n) is 11.5. The first-order valence-electron chi connectivity index (χ1n) is 20.1. The summed E-state index contributed by atoms with van der Waals surface area (Å²) in [6.07, 6.45) is 9.36. The van der Waals surface area contributed by atoms with Crippen LogP contribution < -0.4 is 0 Å². The highest BCUT2D eigenvalue weighted by atomic mass is 16.3. The summed E-state index contributed by atoms with van der Waals surface area (Å²) in [4.78, 5) is 15.2. The van der Waals surface area contributed by atoms with Crippen molar-refractivity contribution in [3.05, 3.63) is 212 Å². The van der Waals surface area contributed by atoms with Crippen LogP contribution in [0.15, 0.2) is 211 Å². The van der Waals surface area contributed by atoms with Crippen molar-refractivity contribution in [2.45, 2.75) is 12.3 Å². The van der Waals surface area contributed by atoms with Crippen molar-refractivity contribution in [2.24, 2.45) is 0 Å². The molecule has 0 spiro atoms. The number of para-hydroxylation sites is 1. The summed E-state index contributed by atoms with van der Waals surface area (Å²) >= 11 is 0. The van der Waals surface area contributed by atoms with Gasteiger partial charge in [-0.1, -0.05) is 188 Å². The smallest absolute Gasteiger partial charge is 0.163 e. The Morgan fingerprint density at radius 3 is 1.66 bits per heavy atom. The van der Waals surface area contributed by atoms with Gasteiger partial charge < -0.3 is 4.42 Å². The summed E-state index contributed by atoms with van der Waals surface area (Å²) in [7, 11) is 0. The molecule has 4 nitrogen and oxygen atoms in total. The van der Waals surface area contributed by atoms with E-state index in [1.165, 1.54) is 21.9 Å². The fourth-order valence-corrected chi connectivity index (χ4v) is 8.34. The topological polar surface area (TPSA) is 51.8 Å². The van der Waals surface area contributed by atoms with E-state index in [9.17, 15) is 0 Å². The van der Waals surface area contributed by atoms with Gasteiger partial charge >= 0.3 is 0 Å². The van der Waals surface area contributed by atoms with Gasteiger partial charge in [-0.3, -0.25) is 0 Å². The quantitative estimate of drug-likeness (QED) is 0.163. The maximum absolute atomic E-state index is 6.65. The molecular weight excluding hydrogens is 719 g/mol. The SMILES string of the molecule is C1=CCC(c2nc(-c3ccc(-c4ccc(-c5ccccc5)cc4)cc3)nc(-c3ccc(-c4ccc(-c5ccc6ccccc6c5)c5oc6ccccc6c45)cc3)n2)C=C1. The number of fused-ring (bicyclic) bond motifs is 4. The summed E-state index contributed by atoms with van der Waals surface area (Å²) in [5.74, 6) is 2.17. The van der Waals surface area contributed by atoms with Gasteiger partial charge in [0, 0.05) is 33.4 Å². The fraction of sp³-hybridized carbons (Fsp3) is 0.0364. The van der Waals surface area contributed by atoms with Gasteiger partial charge in [0.1, 0.15) is 17.0 Å². The lowest BCUT2D eigenvalue weighted by atomic mass is 9.93. The van der Waals surface area contributed by atoms with Crippen LogP contribution in [-0.2, 0) is 0 Å². The first-order chi connectivity index (χ1) is 29.2. The number of benzene rings is 8. The summed E-state index contributed by atoms with van der Waals surface area (Å²) in [6, 6.07) is 64.2. The number of rotatable bonds is 7. The van der Waals surface area contributed by atoms with Crippen molar-refractivity contribution in [1.29, 1.82) is 0 Å². The van der Waals surface area contributed by atoms with Crippen LogP contribution in [0.3, 0.4) is 0 Å². The van der Waals surface area contributed by atoms with Crippen LogP contribution in [0, 0.1) is 0 Å². The van der Waals surface area contributed by atoms with Gasteiger partial charge in [-0.25, -0.2) is 15.0 Å². The molecule has 8 aromatic carbocycles. The van der Waals surface area contributed by atoms with Crippen LogP contribution in [0.25, 0.3) is 100.0 Å². The molecule has 0 saturated carbocycles. The molecule has 1 aliphatic rings. The molecule has 0 amide bonds. The molecule has 2 aromatic heterocycles. The predicted molar refractivity (Wildman–Crippen MR) is 243 cm³/mol. The molecule has 0 aliphatic heterocycles. The standard InChI is InChI=1S/C55H37N3O/c1-3-11-36(12-4-1)38-19-21-39(22-20-38)40-23-28-43(29-24-40)54-56-53(42-14-5-2-6-15-42)57-55(58-54)44-30-26-41(27-31-44)47-33-34-48(46-32-25-37-13-7-8-16-45(37)35-46)52-51(47)49-17-9-10-18-50(49)59-52/h1-14,16-35,42H,15H2. The van der Waals surface area contributed by atoms with E-state index in [2.05, 4.69) is 194 Å². The molecule has 4 heteroatoms.